The summed E-state index contributed by atoms with van der Waals surface area (Å²) >= 11 is 1.63. The molecule has 0 aliphatic rings. The van der Waals surface area contributed by atoms with Crippen molar-refractivity contribution in [3.05, 3.63) is 59.8 Å². The molecular weight excluding hydrogens is 310 g/mol. The van der Waals surface area contributed by atoms with Gasteiger partial charge in [-0.05, 0) is 43.2 Å². The summed E-state index contributed by atoms with van der Waals surface area (Å²) in [5.74, 6) is 2.64. The molecule has 0 bridgehead atoms. The molecule has 3 aromatic rings. The Labute approximate surface area is 139 Å². The number of hydrogen-bond donors (Lipinski definition) is 0. The summed E-state index contributed by atoms with van der Waals surface area (Å²) in [7, 11) is 0. The highest BCUT2D eigenvalue weighted by Crippen LogP contribution is 2.21. The van der Waals surface area contributed by atoms with Crippen LogP contribution in [0.15, 0.2) is 52.5 Å². The topological polar surface area (TPSA) is 53.1 Å². The lowest BCUT2D eigenvalue weighted by molar-refractivity contribution is 0.341. The second-order valence-electron chi connectivity index (χ2n) is 5.29. The van der Waals surface area contributed by atoms with Crippen molar-refractivity contribution in [2.24, 2.45) is 0 Å². The standard InChI is InChI=1S/C17H19N3O2S/c1-13-5-6-14(2)16(10-13)22-8-9-23-17-19-18-12-20(17)11-15-4-3-7-21-15/h3-7,10,12H,8-9,11H2,1-2H3. The van der Waals surface area contributed by atoms with Gasteiger partial charge in [0.2, 0.25) is 0 Å². The van der Waals surface area contributed by atoms with E-state index in [2.05, 4.69) is 42.2 Å². The molecule has 0 amide bonds. The number of ether oxygens (including phenoxy) is 1. The van der Waals surface area contributed by atoms with Gasteiger partial charge in [-0.25, -0.2) is 0 Å². The lowest BCUT2D eigenvalue weighted by Crippen LogP contribution is -2.04. The van der Waals surface area contributed by atoms with Crippen LogP contribution in [-0.4, -0.2) is 27.1 Å². The van der Waals surface area contributed by atoms with E-state index in [1.807, 2.05) is 16.7 Å². The van der Waals surface area contributed by atoms with E-state index >= 15 is 0 Å². The Morgan fingerprint density at radius 3 is 3.00 bits per heavy atom. The van der Waals surface area contributed by atoms with E-state index in [9.17, 15) is 0 Å². The van der Waals surface area contributed by atoms with Gasteiger partial charge in [0.05, 0.1) is 19.4 Å². The van der Waals surface area contributed by atoms with Crippen LogP contribution in [0, 0.1) is 13.8 Å². The van der Waals surface area contributed by atoms with Gasteiger partial charge >= 0.3 is 0 Å². The Bertz CT molecular complexity index is 753. The summed E-state index contributed by atoms with van der Waals surface area (Å²) < 4.78 is 13.2. The van der Waals surface area contributed by atoms with Gasteiger partial charge in [0.25, 0.3) is 0 Å². The summed E-state index contributed by atoms with van der Waals surface area (Å²) in [6.45, 7) is 5.39. The summed E-state index contributed by atoms with van der Waals surface area (Å²) in [5.41, 5.74) is 2.36. The fourth-order valence-electron chi connectivity index (χ4n) is 2.18. The first-order chi connectivity index (χ1) is 11.2. The zero-order valence-electron chi connectivity index (χ0n) is 13.2. The molecule has 0 unspecified atom stereocenters. The monoisotopic (exact) mass is 329 g/mol. The third-order valence-corrected chi connectivity index (χ3v) is 4.35. The molecule has 23 heavy (non-hydrogen) atoms. The van der Waals surface area contributed by atoms with Gasteiger partial charge in [-0.1, -0.05) is 23.9 Å². The largest absolute Gasteiger partial charge is 0.492 e. The zero-order chi connectivity index (χ0) is 16.1. The van der Waals surface area contributed by atoms with E-state index in [0.717, 1.165) is 28.0 Å². The van der Waals surface area contributed by atoms with Gasteiger partial charge in [0.15, 0.2) is 5.16 Å². The minimum Gasteiger partial charge on any atom is -0.492 e. The highest BCUT2D eigenvalue weighted by atomic mass is 32.2. The van der Waals surface area contributed by atoms with Crippen molar-refractivity contribution in [3.63, 3.8) is 0 Å². The minimum atomic E-state index is 0.628. The van der Waals surface area contributed by atoms with Crippen LogP contribution in [0.2, 0.25) is 0 Å². The molecule has 1 aromatic carbocycles. The molecule has 2 heterocycles. The highest BCUT2D eigenvalue weighted by molar-refractivity contribution is 7.99. The smallest absolute Gasteiger partial charge is 0.191 e. The van der Waals surface area contributed by atoms with Gasteiger partial charge in [0.1, 0.15) is 17.8 Å². The van der Waals surface area contributed by atoms with Crippen LogP contribution < -0.4 is 4.74 Å². The van der Waals surface area contributed by atoms with Crippen molar-refractivity contribution in [2.75, 3.05) is 12.4 Å². The minimum absolute atomic E-state index is 0.628. The predicted octanol–water partition coefficient (Wildman–Crippen LogP) is 3.71. The fourth-order valence-corrected chi connectivity index (χ4v) is 2.91. The Kier molecular flexibility index (Phi) is 5.02. The third-order valence-electron chi connectivity index (χ3n) is 3.40. The molecule has 0 aliphatic heterocycles. The first-order valence-corrected chi connectivity index (χ1v) is 8.44. The summed E-state index contributed by atoms with van der Waals surface area (Å²) in [6.07, 6.45) is 3.39. The number of furan rings is 1. The van der Waals surface area contributed by atoms with E-state index < -0.39 is 0 Å². The second kappa shape index (κ2) is 7.37. The molecule has 0 saturated heterocycles. The van der Waals surface area contributed by atoms with Crippen molar-refractivity contribution in [2.45, 2.75) is 25.5 Å². The Balaban J connectivity index is 1.51. The van der Waals surface area contributed by atoms with Crippen molar-refractivity contribution in [1.29, 1.82) is 0 Å². The van der Waals surface area contributed by atoms with E-state index in [1.54, 1.807) is 24.4 Å². The molecule has 0 spiro atoms. The maximum atomic E-state index is 5.86. The lowest BCUT2D eigenvalue weighted by Gasteiger charge is -2.10. The molecule has 0 saturated carbocycles. The van der Waals surface area contributed by atoms with E-state index in [-0.39, 0.29) is 0 Å². The number of hydrogen-bond acceptors (Lipinski definition) is 5. The Morgan fingerprint density at radius 1 is 1.26 bits per heavy atom. The van der Waals surface area contributed by atoms with Crippen LogP contribution in [0.1, 0.15) is 16.9 Å². The summed E-state index contributed by atoms with van der Waals surface area (Å²) in [6, 6.07) is 10.1. The zero-order valence-corrected chi connectivity index (χ0v) is 14.0. The number of benzene rings is 1. The molecule has 120 valence electrons. The number of aryl methyl sites for hydroxylation is 2. The van der Waals surface area contributed by atoms with Gasteiger partial charge in [-0.3, -0.25) is 0 Å². The maximum absolute atomic E-state index is 5.86. The molecule has 5 nitrogen and oxygen atoms in total. The van der Waals surface area contributed by atoms with Crippen LogP contribution in [-0.2, 0) is 6.54 Å². The van der Waals surface area contributed by atoms with Crippen molar-refractivity contribution >= 4 is 11.8 Å². The molecule has 2 aromatic heterocycles. The van der Waals surface area contributed by atoms with E-state index in [1.165, 1.54) is 5.56 Å². The van der Waals surface area contributed by atoms with E-state index in [4.69, 9.17) is 9.15 Å². The molecular formula is C17H19N3O2S. The Morgan fingerprint density at radius 2 is 2.17 bits per heavy atom. The third kappa shape index (κ3) is 4.16. The Hall–Kier alpha value is -2.21. The fraction of sp³-hybridized carbons (Fsp3) is 0.294. The van der Waals surface area contributed by atoms with Crippen LogP contribution in [0.3, 0.4) is 0 Å². The lowest BCUT2D eigenvalue weighted by atomic mass is 10.1. The van der Waals surface area contributed by atoms with Crippen molar-refractivity contribution in [3.8, 4) is 5.75 Å². The average molecular weight is 329 g/mol. The number of aromatic nitrogens is 3. The summed E-state index contributed by atoms with van der Waals surface area (Å²) in [5, 5.41) is 8.99. The van der Waals surface area contributed by atoms with Gasteiger partial charge < -0.3 is 13.7 Å². The van der Waals surface area contributed by atoms with Crippen molar-refractivity contribution in [1.82, 2.24) is 14.8 Å². The SMILES string of the molecule is Cc1ccc(C)c(OCCSc2nncn2Cc2ccco2)c1. The summed E-state index contributed by atoms with van der Waals surface area (Å²) in [4.78, 5) is 0. The van der Waals surface area contributed by atoms with Crippen molar-refractivity contribution < 1.29 is 9.15 Å². The second-order valence-corrected chi connectivity index (χ2v) is 6.35. The number of thioether (sulfide) groups is 1. The van der Waals surface area contributed by atoms with Crippen LogP contribution in [0.25, 0.3) is 0 Å². The highest BCUT2D eigenvalue weighted by Gasteiger charge is 2.07. The molecule has 0 aliphatic carbocycles. The molecule has 0 radical (unpaired) electrons. The van der Waals surface area contributed by atoms with Gasteiger partial charge in [-0.2, -0.15) is 0 Å². The maximum Gasteiger partial charge on any atom is 0.191 e. The molecule has 6 heteroatoms. The first-order valence-electron chi connectivity index (χ1n) is 7.45. The van der Waals surface area contributed by atoms with Gasteiger partial charge in [-0.15, -0.1) is 10.2 Å². The predicted molar refractivity (Wildman–Crippen MR) is 90.0 cm³/mol. The molecule has 3 rings (SSSR count). The number of rotatable bonds is 7. The molecule has 0 fully saturated rings. The molecule has 0 N–H and O–H groups in total. The number of nitrogens with zero attached hydrogens (tertiary/aromatic N) is 3. The quantitative estimate of drug-likeness (QED) is 0.488. The first kappa shape index (κ1) is 15.7. The van der Waals surface area contributed by atoms with Gasteiger partial charge in [0, 0.05) is 5.75 Å². The van der Waals surface area contributed by atoms with Crippen LogP contribution in [0.4, 0.5) is 0 Å². The molecule has 0 atom stereocenters. The van der Waals surface area contributed by atoms with Crippen LogP contribution >= 0.6 is 11.8 Å². The normalized spacial score (nSPS) is 10.9. The van der Waals surface area contributed by atoms with E-state index in [0.29, 0.717) is 13.2 Å². The van der Waals surface area contributed by atoms with Crippen LogP contribution in [0.5, 0.6) is 5.75 Å². The average Bonchev–Trinajstić information content (AvgIpc) is 3.20.